The van der Waals surface area contributed by atoms with E-state index in [9.17, 15) is 22.8 Å². The van der Waals surface area contributed by atoms with Gasteiger partial charge in [-0.3, -0.25) is 4.79 Å². The molecule has 30 heavy (non-hydrogen) atoms. The second-order valence-electron chi connectivity index (χ2n) is 7.30. The standard InChI is InChI=1S/C22H24F3N3O2/c1-26-20(29)14-15-5-11-18(12-6-15)27-21(30)28-13-3-2-4-19(28)16-7-9-17(10-8-16)22(23,24)25/h5-12,19H,2-4,13-14H2,1H3,(H,26,29)(H,27,30). The maximum absolute atomic E-state index is 12.9. The molecule has 5 nitrogen and oxygen atoms in total. The van der Waals surface area contributed by atoms with Crippen molar-refractivity contribution >= 4 is 17.6 Å². The van der Waals surface area contributed by atoms with Gasteiger partial charge < -0.3 is 15.5 Å². The fourth-order valence-electron chi connectivity index (χ4n) is 3.59. The second kappa shape index (κ2) is 9.19. The van der Waals surface area contributed by atoms with Crippen molar-refractivity contribution in [1.29, 1.82) is 0 Å². The number of hydrogen-bond acceptors (Lipinski definition) is 2. The highest BCUT2D eigenvalue weighted by molar-refractivity contribution is 5.89. The molecule has 1 atom stereocenters. The Morgan fingerprint density at radius 1 is 1.03 bits per heavy atom. The maximum Gasteiger partial charge on any atom is 0.416 e. The van der Waals surface area contributed by atoms with Gasteiger partial charge in [0, 0.05) is 19.3 Å². The molecule has 160 valence electrons. The molecule has 2 aromatic carbocycles. The Kier molecular flexibility index (Phi) is 6.64. The summed E-state index contributed by atoms with van der Waals surface area (Å²) in [5.41, 5.74) is 1.42. The summed E-state index contributed by atoms with van der Waals surface area (Å²) < 4.78 is 38.5. The Morgan fingerprint density at radius 2 is 1.70 bits per heavy atom. The van der Waals surface area contributed by atoms with Crippen molar-refractivity contribution in [3.63, 3.8) is 0 Å². The van der Waals surface area contributed by atoms with E-state index in [1.807, 2.05) is 0 Å². The summed E-state index contributed by atoms with van der Waals surface area (Å²) in [5, 5.41) is 5.41. The minimum atomic E-state index is -4.38. The van der Waals surface area contributed by atoms with Crippen LogP contribution in [-0.2, 0) is 17.4 Å². The number of benzene rings is 2. The van der Waals surface area contributed by atoms with Crippen LogP contribution in [0.15, 0.2) is 48.5 Å². The van der Waals surface area contributed by atoms with E-state index < -0.39 is 11.7 Å². The highest BCUT2D eigenvalue weighted by Gasteiger charge is 2.32. The van der Waals surface area contributed by atoms with Crippen molar-refractivity contribution in [2.45, 2.75) is 37.9 Å². The molecule has 0 spiro atoms. The number of hydrogen-bond donors (Lipinski definition) is 2. The molecule has 1 saturated heterocycles. The monoisotopic (exact) mass is 419 g/mol. The van der Waals surface area contributed by atoms with E-state index in [1.54, 1.807) is 36.2 Å². The highest BCUT2D eigenvalue weighted by Crippen LogP contribution is 2.34. The smallest absolute Gasteiger partial charge is 0.359 e. The molecule has 0 aliphatic carbocycles. The van der Waals surface area contributed by atoms with Crippen LogP contribution in [0.25, 0.3) is 0 Å². The first-order valence-electron chi connectivity index (χ1n) is 9.82. The number of likely N-dealkylation sites (N-methyl/N-ethyl adjacent to an activating group) is 1. The minimum absolute atomic E-state index is 0.0977. The van der Waals surface area contributed by atoms with Crippen LogP contribution in [-0.4, -0.2) is 30.4 Å². The highest BCUT2D eigenvalue weighted by atomic mass is 19.4. The van der Waals surface area contributed by atoms with Crippen LogP contribution in [0, 0.1) is 0 Å². The molecule has 0 bridgehead atoms. The van der Waals surface area contributed by atoms with Crippen LogP contribution in [0.1, 0.15) is 42.0 Å². The summed E-state index contributed by atoms with van der Waals surface area (Å²) in [6.45, 7) is 0.534. The SMILES string of the molecule is CNC(=O)Cc1ccc(NC(=O)N2CCCCC2c2ccc(C(F)(F)F)cc2)cc1. The first kappa shape index (κ1) is 21.7. The molecule has 1 aliphatic rings. The molecule has 0 saturated carbocycles. The molecule has 3 amide bonds. The lowest BCUT2D eigenvalue weighted by Gasteiger charge is -2.36. The van der Waals surface area contributed by atoms with Gasteiger partial charge in [0.2, 0.25) is 5.91 Å². The van der Waals surface area contributed by atoms with Gasteiger partial charge in [0.1, 0.15) is 0 Å². The van der Waals surface area contributed by atoms with Gasteiger partial charge in [0.05, 0.1) is 18.0 Å². The van der Waals surface area contributed by atoms with Crippen molar-refractivity contribution in [1.82, 2.24) is 10.2 Å². The van der Waals surface area contributed by atoms with Crippen LogP contribution in [0.3, 0.4) is 0 Å². The second-order valence-corrected chi connectivity index (χ2v) is 7.30. The van der Waals surface area contributed by atoms with Gasteiger partial charge in [0.15, 0.2) is 0 Å². The van der Waals surface area contributed by atoms with Gasteiger partial charge in [-0.1, -0.05) is 24.3 Å². The zero-order valence-electron chi connectivity index (χ0n) is 16.6. The molecule has 0 radical (unpaired) electrons. The molecule has 2 N–H and O–H groups in total. The van der Waals surface area contributed by atoms with Crippen molar-refractivity contribution in [2.24, 2.45) is 0 Å². The van der Waals surface area contributed by atoms with Gasteiger partial charge in [-0.05, 0) is 54.7 Å². The van der Waals surface area contributed by atoms with Crippen LogP contribution >= 0.6 is 0 Å². The molecule has 1 unspecified atom stereocenters. The summed E-state index contributed by atoms with van der Waals surface area (Å²) in [7, 11) is 1.57. The Labute approximate surface area is 173 Å². The lowest BCUT2D eigenvalue weighted by molar-refractivity contribution is -0.137. The van der Waals surface area contributed by atoms with E-state index in [-0.39, 0.29) is 24.4 Å². The summed E-state index contributed by atoms with van der Waals surface area (Å²) in [5.74, 6) is -0.0977. The minimum Gasteiger partial charge on any atom is -0.359 e. The molecule has 3 rings (SSSR count). The Morgan fingerprint density at radius 3 is 2.30 bits per heavy atom. The number of nitrogens with zero attached hydrogens (tertiary/aromatic N) is 1. The van der Waals surface area contributed by atoms with E-state index in [0.29, 0.717) is 24.2 Å². The van der Waals surface area contributed by atoms with E-state index >= 15 is 0 Å². The molecule has 1 fully saturated rings. The Balaban J connectivity index is 1.69. The fraction of sp³-hybridized carbons (Fsp3) is 0.364. The van der Waals surface area contributed by atoms with Gasteiger partial charge in [0.25, 0.3) is 0 Å². The zero-order valence-corrected chi connectivity index (χ0v) is 16.6. The number of amides is 3. The molecule has 2 aromatic rings. The number of alkyl halides is 3. The van der Waals surface area contributed by atoms with Gasteiger partial charge in [-0.2, -0.15) is 13.2 Å². The summed E-state index contributed by atoms with van der Waals surface area (Å²) in [6.07, 6.45) is -1.68. The number of likely N-dealkylation sites (tertiary alicyclic amines) is 1. The summed E-state index contributed by atoms with van der Waals surface area (Å²) >= 11 is 0. The lowest BCUT2D eigenvalue weighted by Crippen LogP contribution is -2.41. The predicted octanol–water partition coefficient (Wildman–Crippen LogP) is 4.75. The Bertz CT molecular complexity index is 880. The largest absolute Gasteiger partial charge is 0.416 e. The molecule has 1 heterocycles. The third kappa shape index (κ3) is 5.31. The fourth-order valence-corrected chi connectivity index (χ4v) is 3.59. The molecule has 8 heteroatoms. The molecule has 1 aliphatic heterocycles. The van der Waals surface area contributed by atoms with Gasteiger partial charge in [-0.25, -0.2) is 4.79 Å². The van der Waals surface area contributed by atoms with Gasteiger partial charge in [-0.15, -0.1) is 0 Å². The van der Waals surface area contributed by atoms with Crippen molar-refractivity contribution in [3.05, 3.63) is 65.2 Å². The number of nitrogens with one attached hydrogen (secondary N) is 2. The third-order valence-electron chi connectivity index (χ3n) is 5.24. The maximum atomic E-state index is 12.9. The average molecular weight is 419 g/mol. The summed E-state index contributed by atoms with van der Waals surface area (Å²) in [6, 6.07) is 11.5. The topological polar surface area (TPSA) is 61.4 Å². The number of carbonyl (C=O) groups is 2. The first-order chi connectivity index (χ1) is 14.3. The number of rotatable bonds is 4. The van der Waals surface area contributed by atoms with Crippen molar-refractivity contribution < 1.29 is 22.8 Å². The van der Waals surface area contributed by atoms with Crippen LogP contribution in [0.4, 0.5) is 23.7 Å². The number of anilines is 1. The third-order valence-corrected chi connectivity index (χ3v) is 5.24. The molecular formula is C22H24F3N3O2. The van der Waals surface area contributed by atoms with E-state index in [4.69, 9.17) is 0 Å². The number of carbonyl (C=O) groups excluding carboxylic acids is 2. The van der Waals surface area contributed by atoms with Crippen molar-refractivity contribution in [3.8, 4) is 0 Å². The number of piperidine rings is 1. The Hall–Kier alpha value is -3.03. The van der Waals surface area contributed by atoms with E-state index in [0.717, 1.165) is 30.5 Å². The summed E-state index contributed by atoms with van der Waals surface area (Å²) in [4.78, 5) is 26.0. The van der Waals surface area contributed by atoms with Crippen LogP contribution in [0.2, 0.25) is 0 Å². The first-order valence-corrected chi connectivity index (χ1v) is 9.82. The van der Waals surface area contributed by atoms with Crippen LogP contribution < -0.4 is 10.6 Å². The molecular weight excluding hydrogens is 395 g/mol. The number of urea groups is 1. The van der Waals surface area contributed by atoms with E-state index in [2.05, 4.69) is 10.6 Å². The lowest BCUT2D eigenvalue weighted by atomic mass is 9.95. The van der Waals surface area contributed by atoms with Gasteiger partial charge >= 0.3 is 12.2 Å². The quantitative estimate of drug-likeness (QED) is 0.751. The molecule has 0 aromatic heterocycles. The zero-order chi connectivity index (χ0) is 21.7. The average Bonchev–Trinajstić information content (AvgIpc) is 2.74. The predicted molar refractivity (Wildman–Crippen MR) is 108 cm³/mol. The number of halogens is 3. The normalized spacial score (nSPS) is 16.8. The van der Waals surface area contributed by atoms with E-state index in [1.165, 1.54) is 12.1 Å². The van der Waals surface area contributed by atoms with Crippen molar-refractivity contribution in [2.75, 3.05) is 18.9 Å². The van der Waals surface area contributed by atoms with Crippen LogP contribution in [0.5, 0.6) is 0 Å².